The Balaban J connectivity index is 1.39. The molecule has 0 saturated carbocycles. The third kappa shape index (κ3) is 5.46. The minimum atomic E-state index is -0.446. The fourth-order valence-corrected chi connectivity index (χ4v) is 3.30. The Morgan fingerprint density at radius 2 is 1.18 bits per heavy atom. The topological polar surface area (TPSA) is 78.6 Å². The lowest BCUT2D eigenvalue weighted by Gasteiger charge is -2.08. The summed E-state index contributed by atoms with van der Waals surface area (Å²) in [6.45, 7) is 2.04. The Morgan fingerprint density at radius 3 is 1.70 bits per heavy atom. The highest BCUT2D eigenvalue weighted by Gasteiger charge is 2.10. The van der Waals surface area contributed by atoms with Crippen LogP contribution in [0.1, 0.15) is 33.2 Å². The molecule has 0 spiro atoms. The van der Waals surface area contributed by atoms with Gasteiger partial charge in [0.1, 0.15) is 11.5 Å². The van der Waals surface area contributed by atoms with Gasteiger partial charge < -0.3 is 15.2 Å². The quantitative estimate of drug-likeness (QED) is 0.230. The van der Waals surface area contributed by atoms with E-state index < -0.39 is 5.97 Å². The van der Waals surface area contributed by atoms with Crippen molar-refractivity contribution in [1.82, 2.24) is 0 Å². The van der Waals surface area contributed by atoms with Gasteiger partial charge in [-0.1, -0.05) is 43.3 Å². The third-order valence-corrected chi connectivity index (χ3v) is 5.18. The minimum Gasteiger partial charge on any atom is -0.423 e. The van der Waals surface area contributed by atoms with Crippen LogP contribution in [0.25, 0.3) is 11.1 Å². The van der Waals surface area contributed by atoms with E-state index >= 15 is 0 Å². The molecule has 4 rings (SSSR count). The van der Waals surface area contributed by atoms with E-state index in [1.165, 1.54) is 0 Å². The molecular formula is C28H23NO4. The van der Waals surface area contributed by atoms with Crippen molar-refractivity contribution in [2.24, 2.45) is 0 Å². The number of benzene rings is 4. The van der Waals surface area contributed by atoms with Crippen molar-refractivity contribution < 1.29 is 19.1 Å². The summed E-state index contributed by atoms with van der Waals surface area (Å²) in [6.07, 6.45) is 0.856. The maximum atomic E-state index is 12.4. The molecule has 0 aliphatic heterocycles. The SMILES string of the molecule is CCc1cccc(C(=O)Oc2ccc(-c3ccc(OC(=O)c4ccc(N)cc4)cc3)cc2)c1. The van der Waals surface area contributed by atoms with Crippen LogP contribution < -0.4 is 15.2 Å². The van der Waals surface area contributed by atoms with E-state index in [1.807, 2.05) is 49.4 Å². The highest BCUT2D eigenvalue weighted by molar-refractivity contribution is 5.92. The summed E-state index contributed by atoms with van der Waals surface area (Å²) in [5.74, 6) is 0.0869. The maximum Gasteiger partial charge on any atom is 0.343 e. The normalized spacial score (nSPS) is 10.5. The molecule has 5 nitrogen and oxygen atoms in total. The monoisotopic (exact) mass is 437 g/mol. The number of hydrogen-bond donors (Lipinski definition) is 1. The van der Waals surface area contributed by atoms with Crippen LogP contribution in [0.3, 0.4) is 0 Å². The smallest absolute Gasteiger partial charge is 0.343 e. The highest BCUT2D eigenvalue weighted by Crippen LogP contribution is 2.25. The van der Waals surface area contributed by atoms with Crippen LogP contribution in [0.5, 0.6) is 11.5 Å². The molecule has 5 heteroatoms. The fraction of sp³-hybridized carbons (Fsp3) is 0.0714. The number of nitrogen functional groups attached to an aromatic ring is 1. The first kappa shape index (κ1) is 21.8. The average Bonchev–Trinajstić information content (AvgIpc) is 2.85. The van der Waals surface area contributed by atoms with Crippen LogP contribution in [0.2, 0.25) is 0 Å². The van der Waals surface area contributed by atoms with E-state index in [1.54, 1.807) is 54.6 Å². The largest absolute Gasteiger partial charge is 0.423 e. The average molecular weight is 437 g/mol. The van der Waals surface area contributed by atoms with E-state index in [0.717, 1.165) is 23.1 Å². The molecule has 0 fully saturated rings. The van der Waals surface area contributed by atoms with Crippen LogP contribution in [0, 0.1) is 0 Å². The molecule has 0 bridgehead atoms. The zero-order chi connectivity index (χ0) is 23.2. The Hall–Kier alpha value is -4.38. The van der Waals surface area contributed by atoms with E-state index in [0.29, 0.717) is 28.3 Å². The van der Waals surface area contributed by atoms with Crippen molar-refractivity contribution in [2.75, 3.05) is 5.73 Å². The van der Waals surface area contributed by atoms with Crippen LogP contribution in [-0.2, 0) is 6.42 Å². The van der Waals surface area contributed by atoms with Gasteiger partial charge in [0.05, 0.1) is 11.1 Å². The second-order valence-electron chi connectivity index (χ2n) is 7.50. The van der Waals surface area contributed by atoms with Crippen molar-refractivity contribution in [2.45, 2.75) is 13.3 Å². The fourth-order valence-electron chi connectivity index (χ4n) is 3.30. The van der Waals surface area contributed by atoms with Crippen molar-refractivity contribution in [3.8, 4) is 22.6 Å². The number of anilines is 1. The number of carbonyl (C=O) groups is 2. The first-order chi connectivity index (χ1) is 16.0. The molecule has 0 heterocycles. The zero-order valence-corrected chi connectivity index (χ0v) is 18.2. The second kappa shape index (κ2) is 9.83. The lowest BCUT2D eigenvalue weighted by Crippen LogP contribution is -2.08. The predicted octanol–water partition coefficient (Wildman–Crippen LogP) is 5.94. The summed E-state index contributed by atoms with van der Waals surface area (Å²) in [7, 11) is 0. The van der Waals surface area contributed by atoms with Crippen molar-refractivity contribution in [1.29, 1.82) is 0 Å². The molecule has 0 amide bonds. The molecule has 4 aromatic carbocycles. The summed E-state index contributed by atoms with van der Waals surface area (Å²) in [5, 5.41) is 0. The van der Waals surface area contributed by atoms with Crippen molar-refractivity contribution in [3.05, 3.63) is 114 Å². The first-order valence-electron chi connectivity index (χ1n) is 10.6. The van der Waals surface area contributed by atoms with Gasteiger partial charge in [-0.25, -0.2) is 9.59 Å². The summed E-state index contributed by atoms with van der Waals surface area (Å²) < 4.78 is 10.9. The molecule has 4 aromatic rings. The van der Waals surface area contributed by atoms with Gasteiger partial charge in [-0.2, -0.15) is 0 Å². The number of hydrogen-bond acceptors (Lipinski definition) is 5. The number of esters is 2. The molecule has 0 aliphatic rings. The molecule has 2 N–H and O–H groups in total. The lowest BCUT2D eigenvalue weighted by molar-refractivity contribution is 0.0725. The first-order valence-corrected chi connectivity index (χ1v) is 10.6. The van der Waals surface area contributed by atoms with Crippen LogP contribution in [-0.4, -0.2) is 11.9 Å². The second-order valence-corrected chi connectivity index (χ2v) is 7.50. The summed E-state index contributed by atoms with van der Waals surface area (Å²) >= 11 is 0. The van der Waals surface area contributed by atoms with Gasteiger partial charge in [0, 0.05) is 5.69 Å². The number of aryl methyl sites for hydroxylation is 1. The molecule has 0 aliphatic carbocycles. The van der Waals surface area contributed by atoms with E-state index in [2.05, 4.69) is 0 Å². The third-order valence-electron chi connectivity index (χ3n) is 5.18. The number of ether oxygens (including phenoxy) is 2. The van der Waals surface area contributed by atoms with Crippen LogP contribution >= 0.6 is 0 Å². The zero-order valence-electron chi connectivity index (χ0n) is 18.2. The van der Waals surface area contributed by atoms with Gasteiger partial charge in [-0.3, -0.25) is 0 Å². The van der Waals surface area contributed by atoms with E-state index in [9.17, 15) is 9.59 Å². The van der Waals surface area contributed by atoms with Gasteiger partial charge >= 0.3 is 11.9 Å². The molecule has 0 radical (unpaired) electrons. The Bertz CT molecular complexity index is 1260. The van der Waals surface area contributed by atoms with Gasteiger partial charge in [-0.15, -0.1) is 0 Å². The van der Waals surface area contributed by atoms with Gasteiger partial charge in [0.15, 0.2) is 0 Å². The minimum absolute atomic E-state index is 0.384. The highest BCUT2D eigenvalue weighted by atomic mass is 16.5. The molecule has 0 aromatic heterocycles. The standard InChI is InChI=1S/C28H23NO4/c1-2-19-4-3-5-23(18-19)28(31)33-26-16-10-21(11-17-26)20-8-14-25(15-9-20)32-27(30)22-6-12-24(29)13-7-22/h3-18H,2,29H2,1H3. The Morgan fingerprint density at radius 1 is 0.667 bits per heavy atom. The number of carbonyl (C=O) groups excluding carboxylic acids is 2. The predicted molar refractivity (Wildman–Crippen MR) is 128 cm³/mol. The Labute approximate surface area is 192 Å². The van der Waals surface area contributed by atoms with E-state index in [4.69, 9.17) is 15.2 Å². The maximum absolute atomic E-state index is 12.4. The van der Waals surface area contributed by atoms with Gasteiger partial charge in [-0.05, 0) is 83.8 Å². The summed E-state index contributed by atoms with van der Waals surface area (Å²) in [5.41, 5.74) is 10.2. The lowest BCUT2D eigenvalue weighted by atomic mass is 10.1. The molecular weight excluding hydrogens is 414 g/mol. The van der Waals surface area contributed by atoms with Crippen molar-refractivity contribution >= 4 is 17.6 Å². The number of nitrogens with two attached hydrogens (primary N) is 1. The van der Waals surface area contributed by atoms with Crippen LogP contribution in [0.15, 0.2) is 97.1 Å². The molecule has 0 saturated heterocycles. The van der Waals surface area contributed by atoms with E-state index in [-0.39, 0.29) is 5.97 Å². The summed E-state index contributed by atoms with van der Waals surface area (Å²) in [6, 6.07) is 28.5. The van der Waals surface area contributed by atoms with Gasteiger partial charge in [0.2, 0.25) is 0 Å². The van der Waals surface area contributed by atoms with Gasteiger partial charge in [0.25, 0.3) is 0 Å². The van der Waals surface area contributed by atoms with Crippen molar-refractivity contribution in [3.63, 3.8) is 0 Å². The molecule has 0 atom stereocenters. The molecule has 0 unspecified atom stereocenters. The Kier molecular flexibility index (Phi) is 6.51. The molecule has 33 heavy (non-hydrogen) atoms. The van der Waals surface area contributed by atoms with Crippen LogP contribution in [0.4, 0.5) is 5.69 Å². The summed E-state index contributed by atoms with van der Waals surface area (Å²) in [4.78, 5) is 24.7. The number of rotatable bonds is 6. The molecule has 164 valence electrons.